The van der Waals surface area contributed by atoms with Gasteiger partial charge in [-0.2, -0.15) is 0 Å². The predicted molar refractivity (Wildman–Crippen MR) is 61.1 cm³/mol. The second kappa shape index (κ2) is 5.74. The summed E-state index contributed by atoms with van der Waals surface area (Å²) in [5.74, 6) is 0.968. The molecule has 0 radical (unpaired) electrons. The molecule has 0 rings (SSSR count). The third-order valence-electron chi connectivity index (χ3n) is 2.05. The Morgan fingerprint density at radius 2 is 1.69 bits per heavy atom. The van der Waals surface area contributed by atoms with E-state index in [4.69, 9.17) is 0 Å². The highest BCUT2D eigenvalue weighted by molar-refractivity contribution is 5.79. The van der Waals surface area contributed by atoms with E-state index in [9.17, 15) is 0 Å². The first kappa shape index (κ1) is 12.2. The Morgan fingerprint density at radius 3 is 2.00 bits per heavy atom. The first-order chi connectivity index (χ1) is 5.99. The van der Waals surface area contributed by atoms with Gasteiger partial charge in [0.05, 0.1) is 0 Å². The molecule has 0 aromatic rings. The van der Waals surface area contributed by atoms with Gasteiger partial charge >= 0.3 is 0 Å². The van der Waals surface area contributed by atoms with Crippen LogP contribution in [0.3, 0.4) is 0 Å². The number of hydrogen-bond donors (Lipinski definition) is 0. The summed E-state index contributed by atoms with van der Waals surface area (Å²) in [6, 6.07) is 0. The second-order valence-corrected chi connectivity index (χ2v) is 3.85. The minimum atomic E-state index is 0.432. The van der Waals surface area contributed by atoms with Crippen LogP contribution in [0.1, 0.15) is 34.6 Å². The minimum Gasteiger partial charge on any atom is -0.261 e. The highest BCUT2D eigenvalue weighted by Gasteiger charge is 1.99. The highest BCUT2D eigenvalue weighted by atomic mass is 14.7. The molecular formula is C12H21N. The Balaban J connectivity index is 4.34. The van der Waals surface area contributed by atoms with Crippen LogP contribution >= 0.6 is 0 Å². The van der Waals surface area contributed by atoms with Crippen LogP contribution < -0.4 is 0 Å². The molecule has 1 heteroatoms. The maximum Gasteiger partial charge on any atom is 0.0357 e. The van der Waals surface area contributed by atoms with Crippen LogP contribution in [0.15, 0.2) is 28.9 Å². The second-order valence-electron chi connectivity index (χ2n) is 3.85. The van der Waals surface area contributed by atoms with Crippen LogP contribution in [-0.2, 0) is 0 Å². The summed E-state index contributed by atoms with van der Waals surface area (Å²) in [5.41, 5.74) is 2.21. The molecule has 13 heavy (non-hydrogen) atoms. The zero-order chi connectivity index (χ0) is 10.4. The summed E-state index contributed by atoms with van der Waals surface area (Å²) < 4.78 is 0. The van der Waals surface area contributed by atoms with Gasteiger partial charge < -0.3 is 0 Å². The summed E-state index contributed by atoms with van der Waals surface area (Å²) in [5, 5.41) is 0. The smallest absolute Gasteiger partial charge is 0.0357 e. The van der Waals surface area contributed by atoms with Crippen LogP contribution in [0.25, 0.3) is 0 Å². The lowest BCUT2D eigenvalue weighted by Gasteiger charge is -2.06. The van der Waals surface area contributed by atoms with Gasteiger partial charge in [-0.1, -0.05) is 40.3 Å². The van der Waals surface area contributed by atoms with E-state index in [1.807, 2.05) is 13.1 Å². The molecule has 1 nitrogen and oxygen atoms in total. The zero-order valence-electron chi connectivity index (χ0n) is 9.46. The molecule has 0 N–H and O–H groups in total. The molecule has 74 valence electrons. The minimum absolute atomic E-state index is 0.432. The average molecular weight is 179 g/mol. The predicted octanol–water partition coefficient (Wildman–Crippen LogP) is 3.83. The fraction of sp³-hybridized carbons (Fsp3) is 0.583. The van der Waals surface area contributed by atoms with Gasteiger partial charge in [0.1, 0.15) is 0 Å². The topological polar surface area (TPSA) is 12.4 Å². The number of hydrogen-bond acceptors (Lipinski definition) is 1. The zero-order valence-corrected chi connectivity index (χ0v) is 9.46. The molecule has 0 spiro atoms. The largest absolute Gasteiger partial charge is 0.261 e. The molecule has 0 aromatic carbocycles. The third kappa shape index (κ3) is 4.66. The van der Waals surface area contributed by atoms with Crippen molar-refractivity contribution in [3.63, 3.8) is 0 Å². The number of aliphatic imine (C=N–C) groups is 1. The van der Waals surface area contributed by atoms with Gasteiger partial charge in [-0.3, -0.25) is 4.99 Å². The van der Waals surface area contributed by atoms with E-state index in [1.165, 1.54) is 5.57 Å². The normalized spacial score (nSPS) is 13.3. The molecular weight excluding hydrogens is 158 g/mol. The summed E-state index contributed by atoms with van der Waals surface area (Å²) in [6.45, 7) is 14.5. The van der Waals surface area contributed by atoms with Gasteiger partial charge in [0, 0.05) is 11.9 Å². The van der Waals surface area contributed by atoms with Gasteiger partial charge in [0.15, 0.2) is 0 Å². The van der Waals surface area contributed by atoms with E-state index in [2.05, 4.69) is 45.3 Å². The van der Waals surface area contributed by atoms with E-state index in [0.29, 0.717) is 11.8 Å². The van der Waals surface area contributed by atoms with Crippen molar-refractivity contribution in [1.29, 1.82) is 0 Å². The molecule has 0 aliphatic carbocycles. The average Bonchev–Trinajstić information content (AvgIpc) is 2.04. The van der Waals surface area contributed by atoms with Crippen LogP contribution in [-0.4, -0.2) is 6.21 Å². The Hall–Kier alpha value is -0.850. The molecule has 0 fully saturated rings. The van der Waals surface area contributed by atoms with E-state index < -0.39 is 0 Å². The van der Waals surface area contributed by atoms with Crippen molar-refractivity contribution in [1.82, 2.24) is 0 Å². The summed E-state index contributed by atoms with van der Waals surface area (Å²) in [4.78, 5) is 4.33. The maximum atomic E-state index is 4.33. The third-order valence-corrected chi connectivity index (χ3v) is 2.05. The lowest BCUT2D eigenvalue weighted by atomic mass is 10.0. The number of rotatable bonds is 4. The van der Waals surface area contributed by atoms with Crippen LogP contribution in [0.5, 0.6) is 0 Å². The summed E-state index contributed by atoms with van der Waals surface area (Å²) in [6.07, 6.45) is 4.02. The summed E-state index contributed by atoms with van der Waals surface area (Å²) >= 11 is 0. The molecule has 0 unspecified atom stereocenters. The van der Waals surface area contributed by atoms with Crippen molar-refractivity contribution >= 4 is 6.21 Å². The van der Waals surface area contributed by atoms with Gasteiger partial charge in [0.2, 0.25) is 0 Å². The van der Waals surface area contributed by atoms with Crippen LogP contribution in [0, 0.1) is 11.8 Å². The van der Waals surface area contributed by atoms with Gasteiger partial charge in [-0.05, 0) is 24.3 Å². The molecule has 0 aliphatic rings. The van der Waals surface area contributed by atoms with Crippen LogP contribution in [0.4, 0.5) is 0 Å². The van der Waals surface area contributed by atoms with Crippen LogP contribution in [0.2, 0.25) is 0 Å². The lowest BCUT2D eigenvalue weighted by molar-refractivity contribution is 0.760. The van der Waals surface area contributed by atoms with Crippen molar-refractivity contribution in [3.05, 3.63) is 23.9 Å². The molecule has 0 aromatic heterocycles. The quantitative estimate of drug-likeness (QED) is 0.582. The van der Waals surface area contributed by atoms with E-state index in [-0.39, 0.29) is 0 Å². The Labute approximate surface area is 82.3 Å². The maximum absolute atomic E-state index is 4.33. The summed E-state index contributed by atoms with van der Waals surface area (Å²) in [7, 11) is 0. The van der Waals surface area contributed by atoms with Crippen molar-refractivity contribution in [2.45, 2.75) is 34.6 Å². The molecule has 0 aliphatic heterocycles. The SMILES string of the molecule is C=C(/N=C\C(=C/C)C(C)C)C(C)C. The molecule has 0 amide bonds. The van der Waals surface area contributed by atoms with E-state index in [1.54, 1.807) is 0 Å². The van der Waals surface area contributed by atoms with E-state index in [0.717, 1.165) is 5.70 Å². The van der Waals surface area contributed by atoms with Crippen molar-refractivity contribution < 1.29 is 0 Å². The highest BCUT2D eigenvalue weighted by Crippen LogP contribution is 2.10. The monoisotopic (exact) mass is 179 g/mol. The molecule has 0 saturated carbocycles. The fourth-order valence-electron chi connectivity index (χ4n) is 0.863. The standard InChI is InChI=1S/C12H21N/c1-7-12(10(4)5)8-13-11(6)9(2)3/h7-10H,6H2,1-5H3/b12-7+,13-8-. The number of allylic oxidation sites excluding steroid dienone is 3. The fourth-order valence-corrected chi connectivity index (χ4v) is 0.863. The number of nitrogens with zero attached hydrogens (tertiary/aromatic N) is 1. The first-order valence-electron chi connectivity index (χ1n) is 4.88. The molecule has 0 atom stereocenters. The Morgan fingerprint density at radius 1 is 1.15 bits per heavy atom. The van der Waals surface area contributed by atoms with Crippen molar-refractivity contribution in [2.24, 2.45) is 16.8 Å². The van der Waals surface area contributed by atoms with E-state index >= 15 is 0 Å². The first-order valence-corrected chi connectivity index (χ1v) is 4.88. The molecule has 0 bridgehead atoms. The van der Waals surface area contributed by atoms with Crippen molar-refractivity contribution in [3.8, 4) is 0 Å². The Kier molecular flexibility index (Phi) is 5.36. The molecule has 0 heterocycles. The van der Waals surface area contributed by atoms with Gasteiger partial charge in [0.25, 0.3) is 0 Å². The lowest BCUT2D eigenvalue weighted by Crippen LogP contribution is -1.96. The molecule has 0 saturated heterocycles. The van der Waals surface area contributed by atoms with Gasteiger partial charge in [-0.15, -0.1) is 0 Å². The van der Waals surface area contributed by atoms with Crippen molar-refractivity contribution in [2.75, 3.05) is 0 Å². The van der Waals surface area contributed by atoms with Gasteiger partial charge in [-0.25, -0.2) is 0 Å². The Bertz CT molecular complexity index is 219.